The molecule has 2 saturated heterocycles. The van der Waals surface area contributed by atoms with Crippen LogP contribution in [-0.2, 0) is 0 Å². The van der Waals surface area contributed by atoms with E-state index >= 15 is 0 Å². The summed E-state index contributed by atoms with van der Waals surface area (Å²) >= 11 is 0. The molecule has 2 atom stereocenters. The van der Waals surface area contributed by atoms with Crippen LogP contribution in [0, 0.1) is 11.3 Å². The van der Waals surface area contributed by atoms with E-state index < -0.39 is 0 Å². The second-order valence-corrected chi connectivity index (χ2v) is 6.96. The molecule has 2 aliphatic heterocycles. The van der Waals surface area contributed by atoms with Crippen LogP contribution >= 0.6 is 0 Å². The first-order chi connectivity index (χ1) is 8.09. The quantitative estimate of drug-likeness (QED) is 0.695. The number of hydrogen-bond acceptors (Lipinski definition) is 2. The molecule has 2 N–H and O–H groups in total. The van der Waals surface area contributed by atoms with Crippen molar-refractivity contribution >= 4 is 0 Å². The lowest BCUT2D eigenvalue weighted by Gasteiger charge is -2.30. The molecule has 0 aromatic carbocycles. The molecule has 0 radical (unpaired) electrons. The third-order valence-electron chi connectivity index (χ3n) is 4.86. The van der Waals surface area contributed by atoms with Crippen molar-refractivity contribution in [3.8, 4) is 0 Å². The van der Waals surface area contributed by atoms with Gasteiger partial charge in [0.1, 0.15) is 0 Å². The summed E-state index contributed by atoms with van der Waals surface area (Å²) in [5, 5.41) is 7.38. The van der Waals surface area contributed by atoms with E-state index in [1.54, 1.807) is 0 Å². The molecule has 0 saturated carbocycles. The van der Waals surface area contributed by atoms with Crippen LogP contribution in [0.15, 0.2) is 0 Å². The maximum atomic E-state index is 3.72. The van der Waals surface area contributed by atoms with Crippen LogP contribution in [0.4, 0.5) is 0 Å². The molecule has 2 nitrogen and oxygen atoms in total. The lowest BCUT2D eigenvalue weighted by molar-refractivity contribution is 0.272. The molecule has 17 heavy (non-hydrogen) atoms. The van der Waals surface area contributed by atoms with Crippen molar-refractivity contribution in [1.29, 1.82) is 0 Å². The second kappa shape index (κ2) is 5.71. The van der Waals surface area contributed by atoms with Gasteiger partial charge in [0.2, 0.25) is 0 Å². The lowest BCUT2D eigenvalue weighted by atomic mass is 9.88. The van der Waals surface area contributed by atoms with Crippen LogP contribution in [0.2, 0.25) is 0 Å². The number of nitrogens with one attached hydrogen (secondary N) is 2. The van der Waals surface area contributed by atoms with Crippen LogP contribution in [0.25, 0.3) is 0 Å². The Morgan fingerprint density at radius 2 is 1.82 bits per heavy atom. The molecule has 100 valence electrons. The van der Waals surface area contributed by atoms with E-state index in [0.29, 0.717) is 5.41 Å². The van der Waals surface area contributed by atoms with Gasteiger partial charge in [-0.15, -0.1) is 0 Å². The fourth-order valence-electron chi connectivity index (χ4n) is 3.27. The average molecular weight is 238 g/mol. The average Bonchev–Trinajstić information content (AvgIpc) is 2.64. The van der Waals surface area contributed by atoms with Crippen molar-refractivity contribution < 1.29 is 0 Å². The first kappa shape index (κ1) is 13.4. The molecule has 0 aliphatic carbocycles. The molecule has 2 heteroatoms. The van der Waals surface area contributed by atoms with Crippen molar-refractivity contribution in [2.24, 2.45) is 11.3 Å². The third-order valence-corrected chi connectivity index (χ3v) is 4.86. The molecule has 0 spiro atoms. The number of hydrogen-bond donors (Lipinski definition) is 2. The molecule has 2 aliphatic rings. The highest BCUT2D eigenvalue weighted by Gasteiger charge is 2.32. The molecule has 0 amide bonds. The van der Waals surface area contributed by atoms with Crippen LogP contribution in [0.5, 0.6) is 0 Å². The second-order valence-electron chi connectivity index (χ2n) is 6.96. The molecular formula is C15H30N2. The Morgan fingerprint density at radius 1 is 1.18 bits per heavy atom. The summed E-state index contributed by atoms with van der Waals surface area (Å²) in [6, 6.07) is 1.71. The van der Waals surface area contributed by atoms with E-state index in [9.17, 15) is 0 Å². The fraction of sp³-hybridized carbons (Fsp3) is 1.00. The molecule has 2 rings (SSSR count). The van der Waals surface area contributed by atoms with Gasteiger partial charge in [-0.3, -0.25) is 0 Å². The summed E-state index contributed by atoms with van der Waals surface area (Å²) in [6.07, 6.45) is 8.35. The van der Waals surface area contributed by atoms with Gasteiger partial charge in [-0.1, -0.05) is 20.8 Å². The van der Waals surface area contributed by atoms with Gasteiger partial charge in [0, 0.05) is 18.6 Å². The van der Waals surface area contributed by atoms with E-state index in [1.807, 2.05) is 0 Å². The van der Waals surface area contributed by atoms with Gasteiger partial charge >= 0.3 is 0 Å². The number of rotatable bonds is 6. The SMILES string of the molecule is CCC(C)(C)CNCCC1CC2CCC(C1)N2. The van der Waals surface area contributed by atoms with Crippen molar-refractivity contribution in [2.75, 3.05) is 13.1 Å². The summed E-state index contributed by atoms with van der Waals surface area (Å²) in [6.45, 7) is 9.37. The van der Waals surface area contributed by atoms with Crippen LogP contribution in [-0.4, -0.2) is 25.2 Å². The summed E-state index contributed by atoms with van der Waals surface area (Å²) in [5.41, 5.74) is 0.465. The lowest BCUT2D eigenvalue weighted by Crippen LogP contribution is -2.39. The minimum absolute atomic E-state index is 0.465. The summed E-state index contributed by atoms with van der Waals surface area (Å²) in [4.78, 5) is 0. The molecule has 0 aromatic rings. The predicted molar refractivity (Wildman–Crippen MR) is 74.2 cm³/mol. The summed E-state index contributed by atoms with van der Waals surface area (Å²) in [7, 11) is 0. The standard InChI is InChI=1S/C15H30N2/c1-4-15(2,3)11-16-8-7-12-9-13-5-6-14(10-12)17-13/h12-14,16-17H,4-11H2,1-3H3. The first-order valence-electron chi connectivity index (χ1n) is 7.56. The van der Waals surface area contributed by atoms with Gasteiger partial charge in [-0.05, 0) is 56.4 Å². The van der Waals surface area contributed by atoms with Crippen molar-refractivity contribution in [3.05, 3.63) is 0 Å². The van der Waals surface area contributed by atoms with E-state index in [-0.39, 0.29) is 0 Å². The van der Waals surface area contributed by atoms with Crippen LogP contribution in [0.1, 0.15) is 59.3 Å². The normalized spacial score (nSPS) is 33.0. The van der Waals surface area contributed by atoms with Gasteiger partial charge in [0.05, 0.1) is 0 Å². The smallest absolute Gasteiger partial charge is 0.00728 e. The van der Waals surface area contributed by atoms with E-state index in [2.05, 4.69) is 31.4 Å². The Labute approximate surface area is 107 Å². The Bertz CT molecular complexity index is 225. The largest absolute Gasteiger partial charge is 0.316 e. The zero-order chi connectivity index (χ0) is 12.3. The molecular weight excluding hydrogens is 208 g/mol. The van der Waals surface area contributed by atoms with Gasteiger partial charge in [-0.2, -0.15) is 0 Å². The summed E-state index contributed by atoms with van der Waals surface area (Å²) < 4.78 is 0. The predicted octanol–water partition coefficient (Wildman–Crippen LogP) is 2.93. The maximum Gasteiger partial charge on any atom is 0.00728 e. The number of piperidine rings is 1. The van der Waals surface area contributed by atoms with Gasteiger partial charge in [-0.25, -0.2) is 0 Å². The highest BCUT2D eigenvalue weighted by atomic mass is 15.0. The van der Waals surface area contributed by atoms with Gasteiger partial charge < -0.3 is 10.6 Å². The third kappa shape index (κ3) is 3.96. The Balaban J connectivity index is 1.60. The molecule has 2 bridgehead atoms. The fourth-order valence-corrected chi connectivity index (χ4v) is 3.27. The zero-order valence-corrected chi connectivity index (χ0v) is 11.9. The number of fused-ring (bicyclic) bond motifs is 2. The highest BCUT2D eigenvalue weighted by molar-refractivity contribution is 4.92. The topological polar surface area (TPSA) is 24.1 Å². The summed E-state index contributed by atoms with van der Waals surface area (Å²) in [5.74, 6) is 0.978. The molecule has 0 aromatic heterocycles. The maximum absolute atomic E-state index is 3.72. The Kier molecular flexibility index (Phi) is 4.48. The first-order valence-corrected chi connectivity index (χ1v) is 7.56. The van der Waals surface area contributed by atoms with E-state index in [0.717, 1.165) is 18.0 Å². The van der Waals surface area contributed by atoms with Crippen LogP contribution in [0.3, 0.4) is 0 Å². The zero-order valence-electron chi connectivity index (χ0n) is 11.9. The molecule has 2 heterocycles. The monoisotopic (exact) mass is 238 g/mol. The van der Waals surface area contributed by atoms with E-state index in [1.165, 1.54) is 51.6 Å². The van der Waals surface area contributed by atoms with E-state index in [4.69, 9.17) is 0 Å². The van der Waals surface area contributed by atoms with Crippen LogP contribution < -0.4 is 10.6 Å². The van der Waals surface area contributed by atoms with Crippen molar-refractivity contribution in [1.82, 2.24) is 10.6 Å². The molecule has 2 fully saturated rings. The van der Waals surface area contributed by atoms with Crippen molar-refractivity contribution in [2.45, 2.75) is 71.4 Å². The Morgan fingerprint density at radius 3 is 2.41 bits per heavy atom. The minimum Gasteiger partial charge on any atom is -0.316 e. The highest BCUT2D eigenvalue weighted by Crippen LogP contribution is 2.32. The van der Waals surface area contributed by atoms with Crippen molar-refractivity contribution in [3.63, 3.8) is 0 Å². The van der Waals surface area contributed by atoms with Gasteiger partial charge in [0.15, 0.2) is 0 Å². The molecule has 2 unspecified atom stereocenters. The van der Waals surface area contributed by atoms with Gasteiger partial charge in [0.25, 0.3) is 0 Å². The Hall–Kier alpha value is -0.0800. The minimum atomic E-state index is 0.465.